The monoisotopic (exact) mass is 274 g/mol. The first-order chi connectivity index (χ1) is 7.36. The lowest BCUT2D eigenvalue weighted by molar-refractivity contribution is -0.407. The molecule has 1 unspecified atom stereocenters. The lowest BCUT2D eigenvalue weighted by atomic mass is 10.1. The summed E-state index contributed by atoms with van der Waals surface area (Å²) >= 11 is 0. The summed E-state index contributed by atoms with van der Waals surface area (Å²) in [5.41, 5.74) is -6.02. The molecule has 0 saturated heterocycles. The third-order valence-electron chi connectivity index (χ3n) is 1.73. The Morgan fingerprint density at radius 1 is 0.941 bits per heavy atom. The highest BCUT2D eigenvalue weighted by atomic mass is 19.4. The molecular weight excluding hydrogens is 264 g/mol. The van der Waals surface area contributed by atoms with Crippen molar-refractivity contribution in [1.82, 2.24) is 0 Å². The topological polar surface area (TPSA) is 9.23 Å². The predicted molar refractivity (Wildman–Crippen MR) is 41.6 cm³/mol. The zero-order valence-corrected chi connectivity index (χ0v) is 8.79. The van der Waals surface area contributed by atoms with E-state index >= 15 is 0 Å². The van der Waals surface area contributed by atoms with Crippen molar-refractivity contribution in [3.05, 3.63) is 0 Å². The van der Waals surface area contributed by atoms with Crippen molar-refractivity contribution in [3.8, 4) is 0 Å². The molecular formula is C8H10F8O. The van der Waals surface area contributed by atoms with Gasteiger partial charge in [0.05, 0.1) is 6.61 Å². The van der Waals surface area contributed by atoms with Gasteiger partial charge in [-0.2, -0.15) is 22.0 Å². The summed E-state index contributed by atoms with van der Waals surface area (Å²) in [6.45, 7) is 1.58. The molecule has 0 aromatic heterocycles. The Morgan fingerprint density at radius 2 is 1.35 bits per heavy atom. The van der Waals surface area contributed by atoms with Gasteiger partial charge in [0.2, 0.25) is 0 Å². The first kappa shape index (κ1) is 16.4. The van der Waals surface area contributed by atoms with Crippen LogP contribution in [0.15, 0.2) is 0 Å². The molecule has 0 N–H and O–H groups in total. The van der Waals surface area contributed by atoms with Crippen molar-refractivity contribution in [2.24, 2.45) is 5.92 Å². The molecule has 0 amide bonds. The van der Waals surface area contributed by atoms with Crippen molar-refractivity contribution in [2.75, 3.05) is 6.61 Å². The molecule has 0 heterocycles. The van der Waals surface area contributed by atoms with Crippen molar-refractivity contribution in [1.29, 1.82) is 0 Å². The Bertz CT molecular complexity index is 248. The molecule has 0 rings (SSSR count). The van der Waals surface area contributed by atoms with Crippen LogP contribution in [0.1, 0.15) is 13.8 Å². The summed E-state index contributed by atoms with van der Waals surface area (Å²) in [5, 5.41) is 0. The summed E-state index contributed by atoms with van der Waals surface area (Å²) in [4.78, 5) is 0. The van der Waals surface area contributed by atoms with E-state index in [0.717, 1.165) is 0 Å². The summed E-state index contributed by atoms with van der Waals surface area (Å²) in [7, 11) is 0. The predicted octanol–water partition coefficient (Wildman–Crippen LogP) is 3.79. The smallest absolute Gasteiger partial charge is 0.317 e. The normalized spacial score (nSPS) is 17.6. The number of hydrogen-bond donors (Lipinski definition) is 0. The van der Waals surface area contributed by atoms with Gasteiger partial charge in [-0.05, 0) is 5.92 Å². The zero-order valence-electron chi connectivity index (χ0n) is 8.79. The van der Waals surface area contributed by atoms with Crippen LogP contribution in [0.25, 0.3) is 0 Å². The van der Waals surface area contributed by atoms with E-state index in [-0.39, 0.29) is 0 Å². The Kier molecular flexibility index (Phi) is 4.77. The summed E-state index contributed by atoms with van der Waals surface area (Å²) < 4.78 is 102. The Hall–Kier alpha value is -0.600. The molecule has 0 aliphatic rings. The SMILES string of the molecule is CC(C)COC(F)(F)C(F)(C(F)F)C(F)(F)F. The third kappa shape index (κ3) is 3.20. The van der Waals surface area contributed by atoms with E-state index in [1.165, 1.54) is 13.8 Å². The second-order valence-electron chi connectivity index (χ2n) is 3.73. The molecule has 1 nitrogen and oxygen atoms in total. The summed E-state index contributed by atoms with van der Waals surface area (Å²) in [6, 6.07) is 0. The van der Waals surface area contributed by atoms with Crippen LogP contribution in [0, 0.1) is 5.92 Å². The highest BCUT2D eigenvalue weighted by molar-refractivity contribution is 4.97. The van der Waals surface area contributed by atoms with Crippen LogP contribution in [-0.2, 0) is 4.74 Å². The maximum atomic E-state index is 12.9. The molecule has 0 radical (unpaired) electrons. The molecule has 104 valence electrons. The Morgan fingerprint density at radius 3 is 1.59 bits per heavy atom. The van der Waals surface area contributed by atoms with Gasteiger partial charge in [0, 0.05) is 0 Å². The third-order valence-corrected chi connectivity index (χ3v) is 1.73. The quantitative estimate of drug-likeness (QED) is 0.693. The number of alkyl halides is 8. The first-order valence-electron chi connectivity index (χ1n) is 4.41. The molecule has 0 aliphatic carbocycles. The maximum absolute atomic E-state index is 12.9. The van der Waals surface area contributed by atoms with Crippen LogP contribution in [0.2, 0.25) is 0 Å². The highest BCUT2D eigenvalue weighted by Gasteiger charge is 2.78. The first-order valence-corrected chi connectivity index (χ1v) is 4.41. The van der Waals surface area contributed by atoms with E-state index in [9.17, 15) is 35.1 Å². The average molecular weight is 274 g/mol. The standard InChI is InChI=1S/C8H10F8O/c1-4(2)3-17-8(15,16)6(11,5(9)10)7(12,13)14/h4-5H,3H2,1-2H3. The van der Waals surface area contributed by atoms with E-state index in [1.807, 2.05) is 0 Å². The largest absolute Gasteiger partial charge is 0.437 e. The van der Waals surface area contributed by atoms with Gasteiger partial charge < -0.3 is 4.74 Å². The van der Waals surface area contributed by atoms with Crippen LogP contribution >= 0.6 is 0 Å². The molecule has 0 aliphatic heterocycles. The Labute approximate surface area is 91.7 Å². The lowest BCUT2D eigenvalue weighted by Gasteiger charge is -2.33. The molecule has 0 spiro atoms. The fraction of sp³-hybridized carbons (Fsp3) is 1.00. The van der Waals surface area contributed by atoms with Crippen LogP contribution in [0.5, 0.6) is 0 Å². The molecule has 17 heavy (non-hydrogen) atoms. The van der Waals surface area contributed by atoms with Crippen molar-refractivity contribution in [3.63, 3.8) is 0 Å². The van der Waals surface area contributed by atoms with Gasteiger partial charge in [0.1, 0.15) is 0 Å². The van der Waals surface area contributed by atoms with Crippen LogP contribution in [0.3, 0.4) is 0 Å². The van der Waals surface area contributed by atoms with Gasteiger partial charge in [-0.1, -0.05) is 13.8 Å². The highest BCUT2D eigenvalue weighted by Crippen LogP contribution is 2.49. The maximum Gasteiger partial charge on any atom is 0.437 e. The van der Waals surface area contributed by atoms with Gasteiger partial charge >= 0.3 is 18.0 Å². The number of rotatable bonds is 5. The van der Waals surface area contributed by atoms with Crippen molar-refractivity contribution in [2.45, 2.75) is 38.2 Å². The molecule has 0 aromatic rings. The summed E-state index contributed by atoms with van der Waals surface area (Å²) in [5.74, 6) is -0.670. The minimum absolute atomic E-state index is 0.670. The molecule has 0 saturated carbocycles. The molecule has 1 atom stereocenters. The Balaban J connectivity index is 5.19. The van der Waals surface area contributed by atoms with Gasteiger partial charge in [-0.25, -0.2) is 13.2 Å². The van der Waals surface area contributed by atoms with E-state index in [1.54, 1.807) is 0 Å². The van der Waals surface area contributed by atoms with E-state index in [0.29, 0.717) is 0 Å². The fourth-order valence-corrected chi connectivity index (χ4v) is 0.792. The molecule has 0 fully saturated rings. The average Bonchev–Trinajstić information content (AvgIpc) is 2.11. The van der Waals surface area contributed by atoms with Crippen LogP contribution < -0.4 is 0 Å². The minimum Gasteiger partial charge on any atom is -0.317 e. The second-order valence-corrected chi connectivity index (χ2v) is 3.73. The van der Waals surface area contributed by atoms with E-state index < -0.39 is 36.9 Å². The fourth-order valence-electron chi connectivity index (χ4n) is 0.792. The number of halogens is 8. The number of hydrogen-bond acceptors (Lipinski definition) is 1. The van der Waals surface area contributed by atoms with Gasteiger partial charge in [-0.15, -0.1) is 0 Å². The van der Waals surface area contributed by atoms with Gasteiger partial charge in [0.15, 0.2) is 0 Å². The molecule has 9 heteroatoms. The van der Waals surface area contributed by atoms with Crippen molar-refractivity contribution < 1.29 is 39.9 Å². The van der Waals surface area contributed by atoms with E-state index in [4.69, 9.17) is 0 Å². The van der Waals surface area contributed by atoms with Crippen molar-refractivity contribution >= 4 is 0 Å². The van der Waals surface area contributed by atoms with E-state index in [2.05, 4.69) is 4.74 Å². The zero-order chi connectivity index (χ0) is 14.1. The number of ether oxygens (including phenoxy) is 1. The lowest BCUT2D eigenvalue weighted by Crippen LogP contribution is -2.61. The van der Waals surface area contributed by atoms with Gasteiger partial charge in [0.25, 0.3) is 6.43 Å². The van der Waals surface area contributed by atoms with Gasteiger partial charge in [-0.3, -0.25) is 0 Å². The summed E-state index contributed by atoms with van der Waals surface area (Å²) in [6.07, 6.45) is -17.0. The van der Waals surface area contributed by atoms with Crippen LogP contribution in [0.4, 0.5) is 35.1 Å². The molecule has 0 aromatic carbocycles. The molecule has 0 bridgehead atoms. The second kappa shape index (κ2) is 4.95. The minimum atomic E-state index is -6.44. The van der Waals surface area contributed by atoms with Crippen LogP contribution in [-0.4, -0.2) is 31.0 Å².